The first kappa shape index (κ1) is 15.4. The smallest absolute Gasteiger partial charge is 0.0811 e. The van der Waals surface area contributed by atoms with E-state index in [0.717, 1.165) is 26.1 Å². The summed E-state index contributed by atoms with van der Waals surface area (Å²) in [6.07, 6.45) is 3.47. The van der Waals surface area contributed by atoms with Gasteiger partial charge in [-0.05, 0) is 40.3 Å². The fourth-order valence-corrected chi connectivity index (χ4v) is 5.73. The van der Waals surface area contributed by atoms with Gasteiger partial charge in [-0.3, -0.25) is 4.90 Å². The first-order valence-electron chi connectivity index (χ1n) is 8.99. The van der Waals surface area contributed by atoms with Crippen LogP contribution in [0.5, 0.6) is 0 Å². The molecular formula is C22H22N2S. The van der Waals surface area contributed by atoms with Crippen LogP contribution in [0.1, 0.15) is 16.7 Å². The Bertz CT molecular complexity index is 869. The lowest BCUT2D eigenvalue weighted by molar-refractivity contribution is 0.243. The van der Waals surface area contributed by atoms with E-state index in [0.29, 0.717) is 5.92 Å². The fourth-order valence-electron chi connectivity index (χ4n) is 4.43. The van der Waals surface area contributed by atoms with Gasteiger partial charge in [0.25, 0.3) is 0 Å². The number of nitrogens with zero attached hydrogens (tertiary/aromatic N) is 1. The second-order valence-electron chi connectivity index (χ2n) is 7.23. The Kier molecular flexibility index (Phi) is 3.81. The van der Waals surface area contributed by atoms with Gasteiger partial charge in [-0.1, -0.05) is 54.6 Å². The molecule has 25 heavy (non-hydrogen) atoms. The summed E-state index contributed by atoms with van der Waals surface area (Å²) in [5.41, 5.74) is 13.6. The molecule has 0 bridgehead atoms. The highest BCUT2D eigenvalue weighted by atomic mass is 32.2. The molecule has 0 saturated carbocycles. The Morgan fingerprint density at radius 3 is 2.72 bits per heavy atom. The molecule has 2 aromatic carbocycles. The second kappa shape index (κ2) is 6.17. The van der Waals surface area contributed by atoms with Crippen LogP contribution < -0.4 is 5.73 Å². The molecular weight excluding hydrogens is 324 g/mol. The summed E-state index contributed by atoms with van der Waals surface area (Å²) in [5, 5.41) is 0.0929. The summed E-state index contributed by atoms with van der Waals surface area (Å²) < 4.78 is 0. The van der Waals surface area contributed by atoms with Gasteiger partial charge in [0, 0.05) is 30.5 Å². The SMILES string of the molecule is NC1SC2=C3C1=Cc1ccccc1CC3CN(Cc1ccccc1)C2. The molecule has 0 amide bonds. The Morgan fingerprint density at radius 2 is 1.84 bits per heavy atom. The molecule has 2 aliphatic heterocycles. The van der Waals surface area contributed by atoms with Gasteiger partial charge in [-0.15, -0.1) is 11.8 Å². The summed E-state index contributed by atoms with van der Waals surface area (Å²) in [6, 6.07) is 19.6. The average molecular weight is 346 g/mol. The average Bonchev–Trinajstić information content (AvgIpc) is 2.83. The molecule has 2 unspecified atom stereocenters. The topological polar surface area (TPSA) is 29.3 Å². The van der Waals surface area contributed by atoms with E-state index >= 15 is 0 Å². The van der Waals surface area contributed by atoms with Crippen LogP contribution in [0.25, 0.3) is 6.08 Å². The fraction of sp³-hybridized carbons (Fsp3) is 0.273. The van der Waals surface area contributed by atoms with Crippen molar-refractivity contribution >= 4 is 17.8 Å². The van der Waals surface area contributed by atoms with E-state index in [1.165, 1.54) is 27.2 Å². The van der Waals surface area contributed by atoms with Crippen molar-refractivity contribution in [1.82, 2.24) is 4.90 Å². The molecule has 3 heteroatoms. The standard InChI is InChI=1S/C22H22N2S/c23-22-19-11-17-9-5-4-8-16(17)10-18-13-24(14-20(25-22)21(18)19)12-15-6-2-1-3-7-15/h1-9,11,18,22H,10,12-14,23H2. The number of benzene rings is 2. The number of hydrogen-bond donors (Lipinski definition) is 1. The molecule has 2 atom stereocenters. The summed E-state index contributed by atoms with van der Waals surface area (Å²) in [6.45, 7) is 3.17. The van der Waals surface area contributed by atoms with Gasteiger partial charge in [-0.2, -0.15) is 0 Å². The summed E-state index contributed by atoms with van der Waals surface area (Å²) in [5.74, 6) is 0.559. The van der Waals surface area contributed by atoms with Crippen molar-refractivity contribution in [2.75, 3.05) is 13.1 Å². The van der Waals surface area contributed by atoms with E-state index in [1.54, 1.807) is 5.57 Å². The van der Waals surface area contributed by atoms with Gasteiger partial charge in [0.2, 0.25) is 0 Å². The van der Waals surface area contributed by atoms with Crippen LogP contribution in [-0.2, 0) is 13.0 Å². The van der Waals surface area contributed by atoms with Crippen LogP contribution in [0, 0.1) is 5.92 Å². The van der Waals surface area contributed by atoms with Gasteiger partial charge in [0.15, 0.2) is 0 Å². The molecule has 3 aliphatic rings. The molecule has 2 N–H and O–H groups in total. The second-order valence-corrected chi connectivity index (χ2v) is 8.47. The Labute approximate surface area is 153 Å². The largest absolute Gasteiger partial charge is 0.315 e. The number of nitrogens with two attached hydrogens (primary N) is 1. The molecule has 0 saturated heterocycles. The van der Waals surface area contributed by atoms with Gasteiger partial charge in [-0.25, -0.2) is 0 Å². The number of rotatable bonds is 2. The van der Waals surface area contributed by atoms with Crippen molar-refractivity contribution in [1.29, 1.82) is 0 Å². The predicted molar refractivity (Wildman–Crippen MR) is 106 cm³/mol. The number of thioether (sulfide) groups is 1. The zero-order valence-electron chi connectivity index (χ0n) is 14.2. The van der Waals surface area contributed by atoms with Crippen LogP contribution >= 0.6 is 11.8 Å². The van der Waals surface area contributed by atoms with Crippen molar-refractivity contribution in [3.05, 3.63) is 87.3 Å². The normalized spacial score (nSPS) is 25.2. The van der Waals surface area contributed by atoms with Gasteiger partial charge >= 0.3 is 0 Å². The first-order valence-corrected chi connectivity index (χ1v) is 9.87. The van der Waals surface area contributed by atoms with Crippen LogP contribution in [0.2, 0.25) is 0 Å². The molecule has 2 heterocycles. The zero-order chi connectivity index (χ0) is 16.8. The van der Waals surface area contributed by atoms with Crippen LogP contribution in [-0.4, -0.2) is 23.4 Å². The third-order valence-electron chi connectivity index (χ3n) is 5.52. The van der Waals surface area contributed by atoms with Crippen molar-refractivity contribution in [2.24, 2.45) is 11.7 Å². The lowest BCUT2D eigenvalue weighted by Crippen LogP contribution is -2.36. The molecule has 2 nitrogen and oxygen atoms in total. The Balaban J connectivity index is 1.50. The minimum absolute atomic E-state index is 0.0929. The predicted octanol–water partition coefficient (Wildman–Crippen LogP) is 4.04. The molecule has 2 aromatic rings. The molecule has 5 rings (SSSR count). The van der Waals surface area contributed by atoms with Crippen LogP contribution in [0.3, 0.4) is 0 Å². The van der Waals surface area contributed by atoms with Gasteiger partial charge < -0.3 is 5.73 Å². The monoisotopic (exact) mass is 346 g/mol. The lowest BCUT2D eigenvalue weighted by atomic mass is 9.86. The van der Waals surface area contributed by atoms with Crippen LogP contribution in [0.15, 0.2) is 70.6 Å². The van der Waals surface area contributed by atoms with Crippen molar-refractivity contribution in [3.63, 3.8) is 0 Å². The molecule has 0 spiro atoms. The van der Waals surface area contributed by atoms with Crippen molar-refractivity contribution in [2.45, 2.75) is 18.3 Å². The highest BCUT2D eigenvalue weighted by molar-refractivity contribution is 8.04. The zero-order valence-corrected chi connectivity index (χ0v) is 15.0. The summed E-state index contributed by atoms with van der Waals surface area (Å²) in [7, 11) is 0. The molecule has 0 fully saturated rings. The maximum atomic E-state index is 6.50. The maximum Gasteiger partial charge on any atom is 0.0811 e. The Hall–Kier alpha value is -1.81. The number of fused-ring (bicyclic) bond motifs is 1. The first-order chi connectivity index (χ1) is 12.3. The van der Waals surface area contributed by atoms with E-state index in [-0.39, 0.29) is 5.37 Å². The van der Waals surface area contributed by atoms with Gasteiger partial charge in [0.1, 0.15) is 0 Å². The quantitative estimate of drug-likeness (QED) is 0.890. The van der Waals surface area contributed by atoms with Gasteiger partial charge in [0.05, 0.1) is 5.37 Å². The third-order valence-corrected chi connectivity index (χ3v) is 6.66. The Morgan fingerprint density at radius 1 is 1.04 bits per heavy atom. The van der Waals surface area contributed by atoms with E-state index in [9.17, 15) is 0 Å². The molecule has 126 valence electrons. The minimum atomic E-state index is 0.0929. The van der Waals surface area contributed by atoms with E-state index in [2.05, 4.69) is 65.6 Å². The van der Waals surface area contributed by atoms with Crippen LogP contribution in [0.4, 0.5) is 0 Å². The summed E-state index contributed by atoms with van der Waals surface area (Å²) in [4.78, 5) is 4.09. The third kappa shape index (κ3) is 2.77. The number of hydrogen-bond acceptors (Lipinski definition) is 3. The highest BCUT2D eigenvalue weighted by Crippen LogP contribution is 2.49. The van der Waals surface area contributed by atoms with E-state index in [1.807, 2.05) is 11.8 Å². The molecule has 0 aromatic heterocycles. The van der Waals surface area contributed by atoms with E-state index in [4.69, 9.17) is 5.73 Å². The molecule has 1 aliphatic carbocycles. The minimum Gasteiger partial charge on any atom is -0.315 e. The van der Waals surface area contributed by atoms with Crippen molar-refractivity contribution < 1.29 is 0 Å². The summed E-state index contributed by atoms with van der Waals surface area (Å²) >= 11 is 1.87. The molecule has 0 radical (unpaired) electrons. The van der Waals surface area contributed by atoms with E-state index < -0.39 is 0 Å². The van der Waals surface area contributed by atoms with Crippen molar-refractivity contribution in [3.8, 4) is 0 Å². The maximum absolute atomic E-state index is 6.50. The highest BCUT2D eigenvalue weighted by Gasteiger charge is 2.38. The lowest BCUT2D eigenvalue weighted by Gasteiger charge is -2.34.